The molecule has 2 aromatic carbocycles. The fourth-order valence-corrected chi connectivity index (χ4v) is 2.91. The molecule has 1 N–H and O–H groups in total. The van der Waals surface area contributed by atoms with Crippen LogP contribution in [0.25, 0.3) is 11.1 Å². The van der Waals surface area contributed by atoms with E-state index >= 15 is 0 Å². The summed E-state index contributed by atoms with van der Waals surface area (Å²) in [5.41, 5.74) is 1.24. The zero-order valence-corrected chi connectivity index (χ0v) is 15.7. The number of hydrogen-bond acceptors (Lipinski definition) is 5. The van der Waals surface area contributed by atoms with Crippen molar-refractivity contribution in [1.82, 2.24) is 5.32 Å². The molecule has 1 aliphatic carbocycles. The maximum atomic E-state index is 11.9. The van der Waals surface area contributed by atoms with Gasteiger partial charge in [0.25, 0.3) is 5.91 Å². The van der Waals surface area contributed by atoms with E-state index in [1.165, 1.54) is 0 Å². The smallest absolute Gasteiger partial charge is 0.344 e. The Labute approximate surface area is 164 Å². The molecule has 0 aromatic heterocycles. The van der Waals surface area contributed by atoms with Crippen molar-refractivity contribution >= 4 is 11.9 Å². The number of carbonyl (C=O) groups is 2. The van der Waals surface area contributed by atoms with Crippen molar-refractivity contribution < 1.29 is 19.1 Å². The van der Waals surface area contributed by atoms with Crippen LogP contribution in [-0.2, 0) is 14.3 Å². The first-order valence-electron chi connectivity index (χ1n) is 9.16. The van der Waals surface area contributed by atoms with Crippen LogP contribution >= 0.6 is 0 Å². The number of carbonyl (C=O) groups excluding carboxylic acids is 2. The number of benzene rings is 2. The van der Waals surface area contributed by atoms with E-state index < -0.39 is 24.0 Å². The Morgan fingerprint density at radius 3 is 2.32 bits per heavy atom. The lowest BCUT2D eigenvalue weighted by Gasteiger charge is -2.22. The Balaban J connectivity index is 1.42. The molecule has 1 saturated carbocycles. The van der Waals surface area contributed by atoms with E-state index in [1.807, 2.05) is 42.5 Å². The molecule has 6 heteroatoms. The summed E-state index contributed by atoms with van der Waals surface area (Å²) in [6.07, 6.45) is 1.84. The minimum absolute atomic E-state index is 0.166. The monoisotopic (exact) mass is 378 g/mol. The third-order valence-corrected chi connectivity index (χ3v) is 4.71. The van der Waals surface area contributed by atoms with Gasteiger partial charge in [0.15, 0.2) is 13.2 Å². The average Bonchev–Trinajstić information content (AvgIpc) is 3.58. The molecule has 28 heavy (non-hydrogen) atoms. The third kappa shape index (κ3) is 5.10. The predicted molar refractivity (Wildman–Crippen MR) is 103 cm³/mol. The summed E-state index contributed by atoms with van der Waals surface area (Å²) in [6.45, 7) is 0.960. The van der Waals surface area contributed by atoms with E-state index in [-0.39, 0.29) is 12.5 Å². The number of ether oxygens (including phenoxy) is 2. The van der Waals surface area contributed by atoms with E-state index in [0.717, 1.165) is 24.0 Å². The SMILES string of the molecule is C[C@](C#N)(NC(=O)COC(=O)COc1ccc(-c2ccccc2)cc1)C1CC1. The molecular weight excluding hydrogens is 356 g/mol. The third-order valence-electron chi connectivity index (χ3n) is 4.71. The minimum atomic E-state index is -0.902. The molecule has 0 bridgehead atoms. The normalized spacial score (nSPS) is 15.0. The van der Waals surface area contributed by atoms with Gasteiger partial charge in [-0.2, -0.15) is 5.26 Å². The van der Waals surface area contributed by atoms with Crippen molar-refractivity contribution in [2.45, 2.75) is 25.3 Å². The van der Waals surface area contributed by atoms with Crippen molar-refractivity contribution in [3.05, 3.63) is 54.6 Å². The van der Waals surface area contributed by atoms with Crippen molar-refractivity contribution in [2.24, 2.45) is 5.92 Å². The molecular formula is C22H22N2O4. The Bertz CT molecular complexity index is 870. The Morgan fingerprint density at radius 1 is 1.07 bits per heavy atom. The molecule has 2 aromatic rings. The number of esters is 1. The fourth-order valence-electron chi connectivity index (χ4n) is 2.91. The molecule has 1 fully saturated rings. The maximum absolute atomic E-state index is 11.9. The van der Waals surface area contributed by atoms with Crippen LogP contribution in [0.1, 0.15) is 19.8 Å². The second kappa shape index (κ2) is 8.57. The molecule has 0 unspecified atom stereocenters. The van der Waals surface area contributed by atoms with Crippen LogP contribution in [0.15, 0.2) is 54.6 Å². The van der Waals surface area contributed by atoms with Gasteiger partial charge in [-0.3, -0.25) is 4.79 Å². The molecule has 1 amide bonds. The van der Waals surface area contributed by atoms with Crippen molar-refractivity contribution in [2.75, 3.05) is 13.2 Å². The number of nitriles is 1. The largest absolute Gasteiger partial charge is 0.482 e. The highest BCUT2D eigenvalue weighted by atomic mass is 16.6. The highest BCUT2D eigenvalue weighted by molar-refractivity contribution is 5.82. The lowest BCUT2D eigenvalue weighted by molar-refractivity contribution is -0.150. The molecule has 0 radical (unpaired) electrons. The summed E-state index contributed by atoms with van der Waals surface area (Å²) in [4.78, 5) is 23.7. The van der Waals surface area contributed by atoms with Gasteiger partial charge in [-0.1, -0.05) is 42.5 Å². The van der Waals surface area contributed by atoms with Crippen molar-refractivity contribution in [3.8, 4) is 22.9 Å². The molecule has 3 rings (SSSR count). The quantitative estimate of drug-likeness (QED) is 0.713. The van der Waals surface area contributed by atoms with Crippen molar-refractivity contribution in [3.63, 3.8) is 0 Å². The van der Waals surface area contributed by atoms with Crippen molar-refractivity contribution in [1.29, 1.82) is 5.26 Å². The number of rotatable bonds is 8. The van der Waals surface area contributed by atoms with Crippen LogP contribution in [0.4, 0.5) is 0 Å². The van der Waals surface area contributed by atoms with E-state index in [1.54, 1.807) is 19.1 Å². The van der Waals surface area contributed by atoms with Crippen LogP contribution in [-0.4, -0.2) is 30.6 Å². The number of amides is 1. The minimum Gasteiger partial charge on any atom is -0.482 e. The second-order valence-corrected chi connectivity index (χ2v) is 6.98. The standard InChI is InChI=1S/C22H22N2O4/c1-22(15-23,18-9-10-18)24-20(25)13-28-21(26)14-27-19-11-7-17(8-12-19)16-5-3-2-4-6-16/h2-8,11-12,18H,9-10,13-14H2,1H3,(H,24,25)/t22-/m1/s1. The molecule has 0 aliphatic heterocycles. The molecule has 1 atom stereocenters. The van der Waals surface area contributed by atoms with E-state index in [2.05, 4.69) is 11.4 Å². The zero-order chi connectivity index (χ0) is 20.0. The molecule has 0 heterocycles. The summed E-state index contributed by atoms with van der Waals surface area (Å²) >= 11 is 0. The van der Waals surface area contributed by atoms with Crippen LogP contribution in [0, 0.1) is 17.2 Å². The summed E-state index contributed by atoms with van der Waals surface area (Å²) in [5.74, 6) is -0.435. The Hall–Kier alpha value is -3.33. The summed E-state index contributed by atoms with van der Waals surface area (Å²) in [6, 6.07) is 19.4. The average molecular weight is 378 g/mol. The topological polar surface area (TPSA) is 88.4 Å². The summed E-state index contributed by atoms with van der Waals surface area (Å²) in [5, 5.41) is 11.9. The van der Waals surface area contributed by atoms with Gasteiger partial charge < -0.3 is 14.8 Å². The molecule has 6 nitrogen and oxygen atoms in total. The highest BCUT2D eigenvalue weighted by Crippen LogP contribution is 2.39. The lowest BCUT2D eigenvalue weighted by Crippen LogP contribution is -2.48. The van der Waals surface area contributed by atoms with E-state index in [0.29, 0.717) is 5.75 Å². The van der Waals surface area contributed by atoms with E-state index in [4.69, 9.17) is 9.47 Å². The van der Waals surface area contributed by atoms with Gasteiger partial charge in [-0.15, -0.1) is 0 Å². The van der Waals surface area contributed by atoms with Gasteiger partial charge in [-0.25, -0.2) is 4.79 Å². The lowest BCUT2D eigenvalue weighted by atomic mass is 9.98. The van der Waals surface area contributed by atoms with Crippen LogP contribution in [0.3, 0.4) is 0 Å². The Morgan fingerprint density at radius 2 is 1.71 bits per heavy atom. The first-order chi connectivity index (χ1) is 13.5. The molecule has 1 aliphatic rings. The van der Waals surface area contributed by atoms with Gasteiger partial charge >= 0.3 is 5.97 Å². The highest BCUT2D eigenvalue weighted by Gasteiger charge is 2.43. The van der Waals surface area contributed by atoms with Crippen LogP contribution in [0.2, 0.25) is 0 Å². The second-order valence-electron chi connectivity index (χ2n) is 6.98. The fraction of sp³-hybridized carbons (Fsp3) is 0.318. The summed E-state index contributed by atoms with van der Waals surface area (Å²) in [7, 11) is 0. The van der Waals surface area contributed by atoms with Gasteiger partial charge in [0.1, 0.15) is 11.3 Å². The zero-order valence-electron chi connectivity index (χ0n) is 15.7. The van der Waals surface area contributed by atoms with Gasteiger partial charge in [0, 0.05) is 0 Å². The van der Waals surface area contributed by atoms with Gasteiger partial charge in [0.2, 0.25) is 0 Å². The van der Waals surface area contributed by atoms with E-state index in [9.17, 15) is 14.9 Å². The predicted octanol–water partition coefficient (Wildman–Crippen LogP) is 3.08. The maximum Gasteiger partial charge on any atom is 0.344 e. The van der Waals surface area contributed by atoms with Crippen LogP contribution in [0.5, 0.6) is 5.75 Å². The summed E-state index contributed by atoms with van der Waals surface area (Å²) < 4.78 is 10.3. The molecule has 0 spiro atoms. The molecule has 0 saturated heterocycles. The number of nitrogens with zero attached hydrogens (tertiary/aromatic N) is 1. The van der Waals surface area contributed by atoms with Gasteiger partial charge in [0.05, 0.1) is 6.07 Å². The van der Waals surface area contributed by atoms with Gasteiger partial charge in [-0.05, 0) is 48.9 Å². The first-order valence-corrected chi connectivity index (χ1v) is 9.16. The number of nitrogens with one attached hydrogen (secondary N) is 1. The Kier molecular flexibility index (Phi) is 5.95. The first kappa shape index (κ1) is 19.4. The number of hydrogen-bond donors (Lipinski definition) is 1. The van der Waals surface area contributed by atoms with Crippen LogP contribution < -0.4 is 10.1 Å². The molecule has 144 valence electrons.